The summed E-state index contributed by atoms with van der Waals surface area (Å²) in [6, 6.07) is 2.84. The molecule has 1 rings (SSSR count). The standard InChI is InChI=1S/C7H8O3.Y/c1-4-2-3-5(8)7(10)6(4)9;/h2-3,8-10H,1H3;. The molecule has 4 heteroatoms. The fourth-order valence-electron chi connectivity index (χ4n) is 0.670. The Balaban J connectivity index is 0.000001000. The van der Waals surface area contributed by atoms with Crippen LogP contribution in [0.5, 0.6) is 17.2 Å². The minimum Gasteiger partial charge on any atom is -0.504 e. The van der Waals surface area contributed by atoms with Crippen molar-refractivity contribution in [1.82, 2.24) is 0 Å². The van der Waals surface area contributed by atoms with Gasteiger partial charge in [-0.15, -0.1) is 0 Å². The topological polar surface area (TPSA) is 60.7 Å². The van der Waals surface area contributed by atoms with Crippen molar-refractivity contribution in [2.45, 2.75) is 6.92 Å². The molecule has 0 bridgehead atoms. The van der Waals surface area contributed by atoms with E-state index in [-0.39, 0.29) is 44.2 Å². The third-order valence-corrected chi connectivity index (χ3v) is 1.33. The molecule has 0 aliphatic carbocycles. The summed E-state index contributed by atoms with van der Waals surface area (Å²) in [5.41, 5.74) is 0.537. The summed E-state index contributed by atoms with van der Waals surface area (Å²) in [5.74, 6) is -1.02. The molecule has 1 aromatic rings. The van der Waals surface area contributed by atoms with E-state index >= 15 is 0 Å². The number of aromatic hydroxyl groups is 3. The monoisotopic (exact) mass is 229 g/mol. The minimum atomic E-state index is -0.458. The van der Waals surface area contributed by atoms with Crippen LogP contribution in [0.4, 0.5) is 0 Å². The van der Waals surface area contributed by atoms with Gasteiger partial charge in [0.1, 0.15) is 0 Å². The molecular weight excluding hydrogens is 221 g/mol. The first-order valence-corrected chi connectivity index (χ1v) is 2.83. The molecule has 0 atom stereocenters. The maximum Gasteiger partial charge on any atom is 0.200 e. The molecule has 0 spiro atoms. The molecule has 0 aliphatic heterocycles. The van der Waals surface area contributed by atoms with Gasteiger partial charge < -0.3 is 15.3 Å². The number of hydrogen-bond acceptors (Lipinski definition) is 3. The maximum atomic E-state index is 8.98. The summed E-state index contributed by atoms with van der Waals surface area (Å²) < 4.78 is 0. The average Bonchev–Trinajstić information content (AvgIpc) is 1.93. The van der Waals surface area contributed by atoms with Crippen LogP contribution in [-0.4, -0.2) is 15.3 Å². The number of hydrogen-bond donors (Lipinski definition) is 3. The molecule has 0 saturated heterocycles. The van der Waals surface area contributed by atoms with Crippen molar-refractivity contribution in [1.29, 1.82) is 0 Å². The third-order valence-electron chi connectivity index (χ3n) is 1.33. The molecule has 1 aromatic carbocycles. The van der Waals surface area contributed by atoms with Gasteiger partial charge in [0.2, 0.25) is 5.75 Å². The summed E-state index contributed by atoms with van der Waals surface area (Å²) in [7, 11) is 0. The Hall–Kier alpha value is -0.276. The Bertz CT molecular complexity index is 233. The third kappa shape index (κ3) is 2.07. The predicted molar refractivity (Wildman–Crippen MR) is 36.2 cm³/mol. The van der Waals surface area contributed by atoms with Gasteiger partial charge in [0.25, 0.3) is 0 Å². The smallest absolute Gasteiger partial charge is 0.200 e. The first-order valence-electron chi connectivity index (χ1n) is 2.83. The van der Waals surface area contributed by atoms with Gasteiger partial charge in [-0.3, -0.25) is 0 Å². The molecule has 11 heavy (non-hydrogen) atoms. The molecule has 0 amide bonds. The van der Waals surface area contributed by atoms with Crippen LogP contribution in [0.3, 0.4) is 0 Å². The van der Waals surface area contributed by atoms with E-state index < -0.39 is 5.75 Å². The van der Waals surface area contributed by atoms with E-state index in [2.05, 4.69) is 0 Å². The van der Waals surface area contributed by atoms with Gasteiger partial charge in [-0.2, -0.15) is 0 Å². The van der Waals surface area contributed by atoms with Crippen molar-refractivity contribution in [2.75, 3.05) is 0 Å². The van der Waals surface area contributed by atoms with Crippen molar-refractivity contribution < 1.29 is 48.0 Å². The van der Waals surface area contributed by atoms with Crippen molar-refractivity contribution in [2.24, 2.45) is 0 Å². The number of benzene rings is 1. The molecule has 0 saturated carbocycles. The average molecular weight is 229 g/mol. The van der Waals surface area contributed by atoms with E-state index in [1.807, 2.05) is 0 Å². The van der Waals surface area contributed by atoms with E-state index in [0.717, 1.165) is 0 Å². The van der Waals surface area contributed by atoms with Crippen LogP contribution < -0.4 is 0 Å². The van der Waals surface area contributed by atoms with Gasteiger partial charge in [-0.05, 0) is 18.6 Å². The quantitative estimate of drug-likeness (QED) is 0.584. The van der Waals surface area contributed by atoms with Crippen LogP contribution in [0.1, 0.15) is 5.56 Å². The van der Waals surface area contributed by atoms with Crippen molar-refractivity contribution in [3.05, 3.63) is 17.7 Å². The Morgan fingerprint density at radius 2 is 1.55 bits per heavy atom. The summed E-state index contributed by atoms with van der Waals surface area (Å²) in [6.07, 6.45) is 0. The Kier molecular flexibility index (Phi) is 3.83. The minimum absolute atomic E-state index is 0. The largest absolute Gasteiger partial charge is 0.504 e. The zero-order chi connectivity index (χ0) is 7.72. The molecule has 0 unspecified atom stereocenters. The molecule has 0 aliphatic rings. The van der Waals surface area contributed by atoms with Crippen LogP contribution >= 0.6 is 0 Å². The molecule has 57 valence electrons. The van der Waals surface area contributed by atoms with E-state index in [1.165, 1.54) is 12.1 Å². The van der Waals surface area contributed by atoms with E-state index in [0.29, 0.717) is 5.56 Å². The molecule has 0 heterocycles. The zero-order valence-corrected chi connectivity index (χ0v) is 8.91. The summed E-state index contributed by atoms with van der Waals surface area (Å²) in [6.45, 7) is 1.63. The number of aryl methyl sites for hydroxylation is 1. The van der Waals surface area contributed by atoms with Gasteiger partial charge in [-0.25, -0.2) is 0 Å². The normalized spacial score (nSPS) is 8.82. The Labute approximate surface area is 89.6 Å². The first kappa shape index (κ1) is 10.7. The fourth-order valence-corrected chi connectivity index (χ4v) is 0.670. The van der Waals surface area contributed by atoms with Crippen LogP contribution in [0.2, 0.25) is 0 Å². The van der Waals surface area contributed by atoms with Crippen molar-refractivity contribution in [3.8, 4) is 17.2 Å². The predicted octanol–water partition coefficient (Wildman–Crippen LogP) is 1.11. The second-order valence-corrected chi connectivity index (χ2v) is 2.10. The second kappa shape index (κ2) is 3.93. The molecule has 1 radical (unpaired) electrons. The Morgan fingerprint density at radius 1 is 1.00 bits per heavy atom. The maximum absolute atomic E-state index is 8.98. The van der Waals surface area contributed by atoms with Gasteiger partial charge in [0.15, 0.2) is 11.5 Å². The molecule has 3 nitrogen and oxygen atoms in total. The van der Waals surface area contributed by atoms with E-state index in [9.17, 15) is 0 Å². The SMILES string of the molecule is Cc1ccc(O)c(O)c1O.[Y]. The number of rotatable bonds is 0. The van der Waals surface area contributed by atoms with Crippen LogP contribution in [0, 0.1) is 6.92 Å². The van der Waals surface area contributed by atoms with Crippen molar-refractivity contribution in [3.63, 3.8) is 0 Å². The zero-order valence-electron chi connectivity index (χ0n) is 6.07. The van der Waals surface area contributed by atoms with E-state index in [1.54, 1.807) is 6.92 Å². The second-order valence-electron chi connectivity index (χ2n) is 2.10. The molecule has 0 fully saturated rings. The van der Waals surface area contributed by atoms with Crippen LogP contribution in [0.15, 0.2) is 12.1 Å². The summed E-state index contributed by atoms with van der Waals surface area (Å²) in [5, 5.41) is 26.7. The molecule has 3 N–H and O–H groups in total. The van der Waals surface area contributed by atoms with Crippen LogP contribution in [-0.2, 0) is 32.7 Å². The van der Waals surface area contributed by atoms with Crippen LogP contribution in [0.25, 0.3) is 0 Å². The Morgan fingerprint density at radius 3 is 2.00 bits per heavy atom. The van der Waals surface area contributed by atoms with E-state index in [4.69, 9.17) is 15.3 Å². The van der Waals surface area contributed by atoms with Gasteiger partial charge in [-0.1, -0.05) is 6.07 Å². The molecular formula is C7H8O3Y. The summed E-state index contributed by atoms with van der Waals surface area (Å²) in [4.78, 5) is 0. The van der Waals surface area contributed by atoms with Gasteiger partial charge in [0, 0.05) is 32.7 Å². The first-order chi connectivity index (χ1) is 4.63. The molecule has 0 aromatic heterocycles. The summed E-state index contributed by atoms with van der Waals surface area (Å²) >= 11 is 0. The number of phenolic OH excluding ortho intramolecular Hbond substituents is 3. The van der Waals surface area contributed by atoms with Gasteiger partial charge in [0.05, 0.1) is 0 Å². The van der Waals surface area contributed by atoms with Gasteiger partial charge >= 0.3 is 0 Å². The van der Waals surface area contributed by atoms with Crippen molar-refractivity contribution >= 4 is 0 Å². The fraction of sp³-hybridized carbons (Fsp3) is 0.143. The number of phenols is 3.